The third-order valence-corrected chi connectivity index (χ3v) is 3.93. The molecule has 0 bridgehead atoms. The summed E-state index contributed by atoms with van der Waals surface area (Å²) >= 11 is 5.80. The number of anilines is 2. The third kappa shape index (κ3) is 3.75. The lowest BCUT2D eigenvalue weighted by Gasteiger charge is -2.38. The van der Waals surface area contributed by atoms with Gasteiger partial charge in [-0.15, -0.1) is 0 Å². The van der Waals surface area contributed by atoms with Crippen molar-refractivity contribution < 1.29 is 32.2 Å². The number of fused-ring (bicyclic) bond motifs is 1. The molecule has 2 N–H and O–H groups in total. The minimum Gasteiger partial charge on any atom is -0.444 e. The molecule has 2 amide bonds. The average molecular weight is 402 g/mol. The number of hydrogen-bond donors (Lipinski definition) is 2. The molecule has 11 heteroatoms. The van der Waals surface area contributed by atoms with Gasteiger partial charge in [-0.2, -0.15) is 13.2 Å². The number of carbonyl (C=O) groups excluding carboxylic acids is 2. The molecule has 0 fully saturated rings. The number of hydrogen-bond acceptors (Lipinski definition) is 5. The van der Waals surface area contributed by atoms with Crippen LogP contribution in [0.4, 0.5) is 34.1 Å². The third-order valence-electron chi connectivity index (χ3n) is 3.69. The molecule has 1 aromatic carbocycles. The molecule has 1 aliphatic heterocycles. The number of carbonyl (C=O) groups is 2. The maximum atomic E-state index is 13.9. The van der Waals surface area contributed by atoms with Crippen LogP contribution < -0.4 is 10.6 Å². The summed E-state index contributed by atoms with van der Waals surface area (Å²) in [5, 5.41) is 4.37. The number of benzene rings is 1. The predicted molar refractivity (Wildman–Crippen MR) is 88.5 cm³/mol. The fourth-order valence-corrected chi connectivity index (χ4v) is 2.64. The highest BCUT2D eigenvalue weighted by molar-refractivity contribution is 6.30. The van der Waals surface area contributed by atoms with E-state index in [2.05, 4.69) is 20.4 Å². The summed E-state index contributed by atoms with van der Waals surface area (Å²) in [7, 11) is 0. The number of alkyl halides is 3. The summed E-state index contributed by atoms with van der Waals surface area (Å²) in [6.07, 6.45) is -4.87. The van der Waals surface area contributed by atoms with E-state index in [0.717, 1.165) is 6.07 Å². The highest BCUT2D eigenvalue weighted by atomic mass is 35.5. The molecular formula is C16H11ClF3N3O4. The number of nitrogens with one attached hydrogen (secondary N) is 2. The molecule has 27 heavy (non-hydrogen) atoms. The average Bonchev–Trinajstić information content (AvgIpc) is 2.60. The summed E-state index contributed by atoms with van der Waals surface area (Å²) in [6, 6.07) is 6.48. The highest BCUT2D eigenvalue weighted by Crippen LogP contribution is 2.48. The zero-order valence-electron chi connectivity index (χ0n) is 13.3. The van der Waals surface area contributed by atoms with Crippen LogP contribution in [-0.4, -0.2) is 30.0 Å². The van der Waals surface area contributed by atoms with E-state index in [9.17, 15) is 22.8 Å². The van der Waals surface area contributed by atoms with Gasteiger partial charge in [0.25, 0.3) is 5.60 Å². The fraction of sp³-hybridized carbons (Fsp3) is 0.188. The summed E-state index contributed by atoms with van der Waals surface area (Å²) in [5.41, 5.74) is -3.61. The fourth-order valence-electron chi connectivity index (χ4n) is 2.47. The second-order valence-corrected chi connectivity index (χ2v) is 5.91. The summed E-state index contributed by atoms with van der Waals surface area (Å²) in [5.74, 6) is 0. The number of nitrogens with zero attached hydrogens (tertiary/aromatic N) is 1. The smallest absolute Gasteiger partial charge is 0.436 e. The lowest BCUT2D eigenvalue weighted by atomic mass is 9.90. The first-order valence-electron chi connectivity index (χ1n) is 7.42. The first kappa shape index (κ1) is 18.8. The number of aromatic nitrogens is 1. The second-order valence-electron chi connectivity index (χ2n) is 5.47. The minimum absolute atomic E-state index is 0.0121. The van der Waals surface area contributed by atoms with Crippen molar-refractivity contribution in [2.24, 2.45) is 0 Å². The molecule has 0 radical (unpaired) electrons. The van der Waals surface area contributed by atoms with Gasteiger partial charge in [-0.1, -0.05) is 11.6 Å². The van der Waals surface area contributed by atoms with Crippen molar-refractivity contribution in [3.63, 3.8) is 0 Å². The van der Waals surface area contributed by atoms with Crippen molar-refractivity contribution in [3.05, 3.63) is 53.3 Å². The van der Waals surface area contributed by atoms with Gasteiger partial charge in [0, 0.05) is 16.8 Å². The van der Waals surface area contributed by atoms with Gasteiger partial charge < -0.3 is 9.47 Å². The summed E-state index contributed by atoms with van der Waals surface area (Å²) < 4.78 is 50.9. The molecule has 7 nitrogen and oxygen atoms in total. The van der Waals surface area contributed by atoms with Crippen LogP contribution >= 0.6 is 11.6 Å². The Labute approximate surface area is 155 Å². The van der Waals surface area contributed by atoms with Gasteiger partial charge in [0.05, 0.1) is 17.6 Å². The molecule has 3 rings (SSSR count). The monoisotopic (exact) mass is 401 g/mol. The Hall–Kier alpha value is -3.01. The van der Waals surface area contributed by atoms with Crippen LogP contribution in [0.1, 0.15) is 5.56 Å². The van der Waals surface area contributed by atoms with Crippen LogP contribution in [0.5, 0.6) is 0 Å². The van der Waals surface area contributed by atoms with Gasteiger partial charge in [-0.3, -0.25) is 15.6 Å². The van der Waals surface area contributed by atoms with Gasteiger partial charge >= 0.3 is 18.4 Å². The Morgan fingerprint density at radius 1 is 1.37 bits per heavy atom. The Bertz CT molecular complexity index is 879. The van der Waals surface area contributed by atoms with E-state index in [1.54, 1.807) is 0 Å². The molecule has 1 atom stereocenters. The Morgan fingerprint density at radius 2 is 2.15 bits per heavy atom. The van der Waals surface area contributed by atoms with Crippen molar-refractivity contribution in [1.29, 1.82) is 0 Å². The molecule has 0 saturated carbocycles. The zero-order chi connectivity index (χ0) is 19.7. The van der Waals surface area contributed by atoms with Gasteiger partial charge in [-0.05, 0) is 30.3 Å². The molecule has 2 heterocycles. The van der Waals surface area contributed by atoms with E-state index in [4.69, 9.17) is 16.3 Å². The first-order chi connectivity index (χ1) is 12.7. The minimum atomic E-state index is -5.08. The molecule has 1 unspecified atom stereocenters. The van der Waals surface area contributed by atoms with Crippen LogP contribution in [-0.2, 0) is 15.1 Å². The maximum Gasteiger partial charge on any atom is 0.436 e. The lowest BCUT2D eigenvalue weighted by molar-refractivity contribution is -0.274. The van der Waals surface area contributed by atoms with Crippen LogP contribution in [0, 0.1) is 0 Å². The molecule has 2 aromatic rings. The molecule has 1 aromatic heterocycles. The van der Waals surface area contributed by atoms with Crippen LogP contribution in [0.2, 0.25) is 5.02 Å². The van der Waals surface area contributed by atoms with E-state index < -0.39 is 36.1 Å². The van der Waals surface area contributed by atoms with E-state index in [-0.39, 0.29) is 16.4 Å². The molecule has 0 spiro atoms. The van der Waals surface area contributed by atoms with Crippen molar-refractivity contribution in [1.82, 2.24) is 4.98 Å². The van der Waals surface area contributed by atoms with Gasteiger partial charge in [-0.25, -0.2) is 9.59 Å². The standard InChI is InChI=1S/C16H11ClF3N3O4/c17-9-3-4-12-11(6-9)15(16(18,19)20,27-14(25)23-12)8-26-13(24)22-10-2-1-5-21-7-10/h1-7H,8H2,(H,22,24)(H,23,25). The topological polar surface area (TPSA) is 89.6 Å². The van der Waals surface area contributed by atoms with E-state index >= 15 is 0 Å². The number of cyclic esters (lactones) is 1. The number of ether oxygens (including phenoxy) is 2. The van der Waals surface area contributed by atoms with Crippen molar-refractivity contribution >= 4 is 35.2 Å². The van der Waals surface area contributed by atoms with Crippen LogP contribution in [0.3, 0.4) is 0 Å². The van der Waals surface area contributed by atoms with Crippen LogP contribution in [0.25, 0.3) is 0 Å². The van der Waals surface area contributed by atoms with Gasteiger partial charge in [0.1, 0.15) is 6.61 Å². The number of pyridine rings is 1. The predicted octanol–water partition coefficient (Wildman–Crippen LogP) is 4.30. The molecular weight excluding hydrogens is 391 g/mol. The molecule has 0 aliphatic carbocycles. The highest BCUT2D eigenvalue weighted by Gasteiger charge is 2.63. The van der Waals surface area contributed by atoms with E-state index in [0.29, 0.717) is 0 Å². The van der Waals surface area contributed by atoms with E-state index in [1.807, 2.05) is 0 Å². The Morgan fingerprint density at radius 3 is 2.81 bits per heavy atom. The van der Waals surface area contributed by atoms with Crippen LogP contribution in [0.15, 0.2) is 42.7 Å². The van der Waals surface area contributed by atoms with E-state index in [1.165, 1.54) is 36.7 Å². The van der Waals surface area contributed by atoms with Crippen molar-refractivity contribution in [2.75, 3.05) is 17.2 Å². The summed E-state index contributed by atoms with van der Waals surface area (Å²) in [6.45, 7) is -1.30. The maximum absolute atomic E-state index is 13.9. The second kappa shape index (κ2) is 6.95. The normalized spacial score (nSPS) is 18.7. The Kier molecular flexibility index (Phi) is 4.83. The first-order valence-corrected chi connectivity index (χ1v) is 7.80. The lowest BCUT2D eigenvalue weighted by Crippen LogP contribution is -2.53. The van der Waals surface area contributed by atoms with Crippen molar-refractivity contribution in [2.45, 2.75) is 11.8 Å². The molecule has 142 valence electrons. The number of rotatable bonds is 3. The summed E-state index contributed by atoms with van der Waals surface area (Å²) in [4.78, 5) is 27.3. The quantitative estimate of drug-likeness (QED) is 0.800. The Balaban J connectivity index is 1.90. The largest absolute Gasteiger partial charge is 0.444 e. The molecule has 1 aliphatic rings. The van der Waals surface area contributed by atoms with Crippen molar-refractivity contribution in [3.8, 4) is 0 Å². The zero-order valence-corrected chi connectivity index (χ0v) is 14.1. The van der Waals surface area contributed by atoms with Gasteiger partial charge in [0.15, 0.2) is 0 Å². The number of halogens is 4. The van der Waals surface area contributed by atoms with Gasteiger partial charge in [0.2, 0.25) is 0 Å². The molecule has 0 saturated heterocycles. The SMILES string of the molecule is O=C(Nc1cccnc1)OCC1(C(F)(F)F)OC(=O)Nc2ccc(Cl)cc21. The number of amides is 2.